The third-order valence-electron chi connectivity index (χ3n) is 2.29. The van der Waals surface area contributed by atoms with Gasteiger partial charge in [0.1, 0.15) is 0 Å². The van der Waals surface area contributed by atoms with Gasteiger partial charge in [0.25, 0.3) is 0 Å². The largest absolute Gasteiger partial charge is 0.353 e. The molecule has 0 aliphatic rings. The smallest absolute Gasteiger partial charge is 0.222 e. The van der Waals surface area contributed by atoms with Gasteiger partial charge in [0.15, 0.2) is 0 Å². The summed E-state index contributed by atoms with van der Waals surface area (Å²) < 4.78 is 0. The molecule has 0 radical (unpaired) electrons. The van der Waals surface area contributed by atoms with E-state index < -0.39 is 0 Å². The summed E-state index contributed by atoms with van der Waals surface area (Å²) in [6.07, 6.45) is 0.988. The van der Waals surface area contributed by atoms with Crippen molar-refractivity contribution in [3.63, 3.8) is 0 Å². The minimum absolute atomic E-state index is 0.0800. The third-order valence-corrected chi connectivity index (χ3v) is 2.29. The molecular formula is C11H23NO. The first-order chi connectivity index (χ1) is 5.79. The normalized spacial score (nSPS) is 14.4. The number of amides is 1. The second-order valence-corrected chi connectivity index (χ2v) is 4.99. The summed E-state index contributed by atoms with van der Waals surface area (Å²) in [4.78, 5) is 11.4. The van der Waals surface area contributed by atoms with Gasteiger partial charge in [-0.25, -0.2) is 0 Å². The van der Waals surface area contributed by atoms with E-state index in [1.165, 1.54) is 0 Å². The minimum atomic E-state index is 0.0800. The molecule has 1 amide bonds. The van der Waals surface area contributed by atoms with Crippen molar-refractivity contribution in [3.05, 3.63) is 0 Å². The quantitative estimate of drug-likeness (QED) is 0.719. The summed E-state index contributed by atoms with van der Waals surface area (Å²) in [5, 5.41) is 3.07. The van der Waals surface area contributed by atoms with Gasteiger partial charge in [0.05, 0.1) is 0 Å². The Hall–Kier alpha value is -0.530. The summed E-state index contributed by atoms with van der Waals surface area (Å²) in [5.41, 5.74) is 0.152. The molecule has 0 bridgehead atoms. The van der Waals surface area contributed by atoms with Crippen molar-refractivity contribution in [3.8, 4) is 0 Å². The average Bonchev–Trinajstić information content (AvgIpc) is 1.96. The highest BCUT2D eigenvalue weighted by atomic mass is 16.1. The van der Waals surface area contributed by atoms with E-state index in [9.17, 15) is 4.79 Å². The van der Waals surface area contributed by atoms with Gasteiger partial charge in [-0.1, -0.05) is 41.5 Å². The van der Waals surface area contributed by atoms with Crippen LogP contribution in [-0.4, -0.2) is 11.9 Å². The first kappa shape index (κ1) is 12.5. The van der Waals surface area contributed by atoms with Gasteiger partial charge >= 0.3 is 0 Å². The predicted molar refractivity (Wildman–Crippen MR) is 56.5 cm³/mol. The van der Waals surface area contributed by atoms with E-state index in [2.05, 4.69) is 33.0 Å². The molecule has 0 spiro atoms. The lowest BCUT2D eigenvalue weighted by Crippen LogP contribution is -2.44. The SMILES string of the molecule is CCC(NC(=O)C(C)C)C(C)(C)C. The van der Waals surface area contributed by atoms with Crippen LogP contribution in [0.2, 0.25) is 0 Å². The molecular weight excluding hydrogens is 162 g/mol. The number of carbonyl (C=O) groups excluding carboxylic acids is 1. The molecule has 13 heavy (non-hydrogen) atoms. The molecule has 0 aromatic heterocycles. The van der Waals surface area contributed by atoms with E-state index in [0.717, 1.165) is 6.42 Å². The molecule has 0 rings (SSSR count). The van der Waals surface area contributed by atoms with Crippen molar-refractivity contribution >= 4 is 5.91 Å². The van der Waals surface area contributed by atoms with Gasteiger partial charge in [0.2, 0.25) is 5.91 Å². The Bertz CT molecular complexity index is 167. The molecule has 0 fully saturated rings. The standard InChI is InChI=1S/C11H23NO/c1-7-9(11(4,5)6)12-10(13)8(2)3/h8-9H,7H2,1-6H3,(H,12,13). The summed E-state index contributed by atoms with van der Waals surface area (Å²) in [7, 11) is 0. The highest BCUT2D eigenvalue weighted by Crippen LogP contribution is 2.21. The van der Waals surface area contributed by atoms with Crippen LogP contribution in [0.5, 0.6) is 0 Å². The van der Waals surface area contributed by atoms with Crippen molar-refractivity contribution in [2.24, 2.45) is 11.3 Å². The van der Waals surface area contributed by atoms with Crippen LogP contribution in [-0.2, 0) is 4.79 Å². The Kier molecular flexibility index (Phi) is 4.45. The van der Waals surface area contributed by atoms with E-state index in [-0.39, 0.29) is 23.3 Å². The molecule has 0 heterocycles. The van der Waals surface area contributed by atoms with E-state index >= 15 is 0 Å². The fraction of sp³-hybridized carbons (Fsp3) is 0.909. The zero-order valence-electron chi connectivity index (χ0n) is 9.77. The van der Waals surface area contributed by atoms with Crippen molar-refractivity contribution < 1.29 is 4.79 Å². The molecule has 2 nitrogen and oxygen atoms in total. The first-order valence-corrected chi connectivity index (χ1v) is 5.09. The fourth-order valence-electron chi connectivity index (χ4n) is 1.27. The molecule has 0 aliphatic carbocycles. The van der Waals surface area contributed by atoms with Crippen LogP contribution in [0, 0.1) is 11.3 Å². The van der Waals surface area contributed by atoms with Crippen LogP contribution in [0.4, 0.5) is 0 Å². The van der Waals surface area contributed by atoms with Crippen LogP contribution in [0.15, 0.2) is 0 Å². The maximum absolute atomic E-state index is 11.4. The molecule has 0 saturated heterocycles. The Balaban J connectivity index is 4.22. The molecule has 2 heteroatoms. The van der Waals surface area contributed by atoms with Crippen molar-refractivity contribution in [2.45, 2.75) is 54.0 Å². The highest BCUT2D eigenvalue weighted by molar-refractivity contribution is 5.78. The average molecular weight is 185 g/mol. The van der Waals surface area contributed by atoms with Gasteiger partial charge in [0, 0.05) is 12.0 Å². The summed E-state index contributed by atoms with van der Waals surface area (Å²) in [5.74, 6) is 0.234. The van der Waals surface area contributed by atoms with Gasteiger partial charge in [-0.2, -0.15) is 0 Å². The highest BCUT2D eigenvalue weighted by Gasteiger charge is 2.24. The lowest BCUT2D eigenvalue weighted by molar-refractivity contribution is -0.125. The van der Waals surface area contributed by atoms with Gasteiger partial charge in [-0.05, 0) is 11.8 Å². The Morgan fingerprint density at radius 2 is 1.77 bits per heavy atom. The molecule has 0 saturated carbocycles. The van der Waals surface area contributed by atoms with Crippen LogP contribution in [0.25, 0.3) is 0 Å². The van der Waals surface area contributed by atoms with Gasteiger partial charge < -0.3 is 5.32 Å². The second kappa shape index (κ2) is 4.64. The van der Waals surface area contributed by atoms with E-state index in [4.69, 9.17) is 0 Å². The minimum Gasteiger partial charge on any atom is -0.353 e. The molecule has 0 aliphatic heterocycles. The van der Waals surface area contributed by atoms with E-state index in [1.807, 2.05) is 13.8 Å². The van der Waals surface area contributed by atoms with Crippen LogP contribution in [0.1, 0.15) is 48.0 Å². The van der Waals surface area contributed by atoms with Crippen molar-refractivity contribution in [2.75, 3.05) is 0 Å². The maximum atomic E-state index is 11.4. The Morgan fingerprint density at radius 1 is 1.31 bits per heavy atom. The fourth-order valence-corrected chi connectivity index (χ4v) is 1.27. The maximum Gasteiger partial charge on any atom is 0.222 e. The first-order valence-electron chi connectivity index (χ1n) is 5.09. The van der Waals surface area contributed by atoms with E-state index in [1.54, 1.807) is 0 Å². The van der Waals surface area contributed by atoms with Gasteiger partial charge in [-0.3, -0.25) is 4.79 Å². The topological polar surface area (TPSA) is 29.1 Å². The molecule has 1 N–H and O–H groups in total. The molecule has 1 atom stereocenters. The molecule has 1 unspecified atom stereocenters. The van der Waals surface area contributed by atoms with Crippen molar-refractivity contribution in [1.82, 2.24) is 5.32 Å². The predicted octanol–water partition coefficient (Wildman–Crippen LogP) is 2.58. The number of hydrogen-bond donors (Lipinski definition) is 1. The molecule has 0 aromatic carbocycles. The zero-order chi connectivity index (χ0) is 10.6. The lowest BCUT2D eigenvalue weighted by atomic mass is 9.85. The Morgan fingerprint density at radius 3 is 2.00 bits per heavy atom. The monoisotopic (exact) mass is 185 g/mol. The second-order valence-electron chi connectivity index (χ2n) is 4.99. The van der Waals surface area contributed by atoms with Crippen LogP contribution in [0.3, 0.4) is 0 Å². The third kappa shape index (κ3) is 4.30. The van der Waals surface area contributed by atoms with Crippen LogP contribution < -0.4 is 5.32 Å². The van der Waals surface area contributed by atoms with Gasteiger partial charge in [-0.15, -0.1) is 0 Å². The summed E-state index contributed by atoms with van der Waals surface area (Å²) in [6, 6.07) is 0.280. The number of nitrogens with one attached hydrogen (secondary N) is 1. The summed E-state index contributed by atoms with van der Waals surface area (Å²) >= 11 is 0. The lowest BCUT2D eigenvalue weighted by Gasteiger charge is -2.31. The summed E-state index contributed by atoms with van der Waals surface area (Å²) in [6.45, 7) is 12.4. The van der Waals surface area contributed by atoms with E-state index in [0.29, 0.717) is 0 Å². The van der Waals surface area contributed by atoms with Crippen molar-refractivity contribution in [1.29, 1.82) is 0 Å². The zero-order valence-corrected chi connectivity index (χ0v) is 9.77. The van der Waals surface area contributed by atoms with Crippen LogP contribution >= 0.6 is 0 Å². The number of hydrogen-bond acceptors (Lipinski definition) is 1. The Labute approximate surface area is 82.1 Å². The number of rotatable bonds is 3. The molecule has 0 aromatic rings. The number of carbonyl (C=O) groups is 1. The molecule has 78 valence electrons.